The summed E-state index contributed by atoms with van der Waals surface area (Å²) < 4.78 is 26.8. The van der Waals surface area contributed by atoms with Crippen molar-refractivity contribution in [2.45, 2.75) is 51.5 Å². The van der Waals surface area contributed by atoms with E-state index in [1.165, 1.54) is 12.8 Å². The molecule has 2 heterocycles. The third-order valence-electron chi connectivity index (χ3n) is 5.87. The van der Waals surface area contributed by atoms with Gasteiger partial charge in [-0.15, -0.1) is 11.3 Å². The second-order valence-corrected chi connectivity index (χ2v) is 8.62. The predicted molar refractivity (Wildman–Crippen MR) is 100 cm³/mol. The molecule has 0 unspecified atom stereocenters. The first-order valence-corrected chi connectivity index (χ1v) is 10.0. The quantitative estimate of drug-likeness (QED) is 0.470. The van der Waals surface area contributed by atoms with Gasteiger partial charge in [-0.25, -0.2) is 9.88 Å². The van der Waals surface area contributed by atoms with Gasteiger partial charge in [-0.2, -0.15) is 19.0 Å². The number of carbonyl (C=O) groups excluding carboxylic acids is 1. The Morgan fingerprint density at radius 1 is 1.29 bits per heavy atom. The molecule has 2 saturated carbocycles. The molecule has 1 spiro atoms. The Hall–Kier alpha value is -2.60. The Morgan fingerprint density at radius 3 is 2.54 bits per heavy atom. The number of thiazole rings is 1. The lowest BCUT2D eigenvalue weighted by Gasteiger charge is -2.47. The monoisotopic (exact) mass is 403 g/mol. The summed E-state index contributed by atoms with van der Waals surface area (Å²) in [7, 11) is 0. The van der Waals surface area contributed by atoms with Gasteiger partial charge in [0.05, 0.1) is 5.69 Å². The van der Waals surface area contributed by atoms with Gasteiger partial charge >= 0.3 is 0 Å². The van der Waals surface area contributed by atoms with E-state index in [-0.39, 0.29) is 33.9 Å². The lowest BCUT2D eigenvalue weighted by Crippen LogP contribution is -2.54. The highest BCUT2D eigenvalue weighted by Crippen LogP contribution is 2.53. The second-order valence-electron chi connectivity index (χ2n) is 7.44. The Kier molecular flexibility index (Phi) is 4.75. The van der Waals surface area contributed by atoms with Crippen molar-refractivity contribution < 1.29 is 13.6 Å². The highest BCUT2D eigenvalue weighted by atomic mass is 32.1. The van der Waals surface area contributed by atoms with Gasteiger partial charge in [-0.1, -0.05) is 12.8 Å². The normalized spacial score (nSPS) is 19.9. The minimum atomic E-state index is -1.03. The zero-order valence-corrected chi connectivity index (χ0v) is 16.2. The zero-order valence-electron chi connectivity index (χ0n) is 15.3. The van der Waals surface area contributed by atoms with Crippen LogP contribution in [0.4, 0.5) is 19.6 Å². The molecule has 4 rings (SSSR count). The van der Waals surface area contributed by atoms with Crippen molar-refractivity contribution in [3.63, 3.8) is 0 Å². The predicted octanol–water partition coefficient (Wildman–Crippen LogP) is 4.20. The molecular weight excluding hydrogens is 384 g/mol. The van der Waals surface area contributed by atoms with Gasteiger partial charge in [-0.3, -0.25) is 4.79 Å². The van der Waals surface area contributed by atoms with Crippen LogP contribution >= 0.6 is 11.3 Å². The van der Waals surface area contributed by atoms with E-state index in [9.17, 15) is 18.8 Å². The molecule has 2 fully saturated rings. The Labute approximate surface area is 165 Å². The summed E-state index contributed by atoms with van der Waals surface area (Å²) >= 11 is 1.12. The van der Waals surface area contributed by atoms with Crippen LogP contribution in [0.25, 0.3) is 0 Å². The Morgan fingerprint density at radius 2 is 1.96 bits per heavy atom. The number of halogens is 2. The number of amides is 1. The van der Waals surface area contributed by atoms with E-state index in [2.05, 4.69) is 15.3 Å². The van der Waals surface area contributed by atoms with E-state index in [1.54, 1.807) is 6.92 Å². The second kappa shape index (κ2) is 7.09. The number of aromatic nitrogens is 2. The minimum absolute atomic E-state index is 0.0305. The number of pyridine rings is 1. The van der Waals surface area contributed by atoms with Crippen LogP contribution in [-0.4, -0.2) is 21.9 Å². The van der Waals surface area contributed by atoms with Gasteiger partial charge < -0.3 is 5.32 Å². The lowest BCUT2D eigenvalue weighted by molar-refractivity contribution is 0.0579. The molecule has 1 amide bonds. The molecule has 9 heteroatoms. The first-order chi connectivity index (χ1) is 13.4. The Bertz CT molecular complexity index is 943. The molecule has 6 nitrogen and oxygen atoms in total. The van der Waals surface area contributed by atoms with Crippen molar-refractivity contribution in [2.24, 2.45) is 5.41 Å². The molecule has 1 N–H and O–H groups in total. The number of rotatable bonds is 4. The largest absolute Gasteiger partial charge is 0.347 e. The van der Waals surface area contributed by atoms with E-state index < -0.39 is 11.9 Å². The van der Waals surface area contributed by atoms with Gasteiger partial charge in [0, 0.05) is 23.1 Å². The van der Waals surface area contributed by atoms with Gasteiger partial charge in [-0.05, 0) is 38.0 Å². The van der Waals surface area contributed by atoms with Crippen LogP contribution in [0.15, 0.2) is 12.1 Å². The summed E-state index contributed by atoms with van der Waals surface area (Å²) in [4.78, 5) is 21.7. The van der Waals surface area contributed by atoms with Crippen LogP contribution in [0.3, 0.4) is 0 Å². The molecule has 2 aliphatic carbocycles. The zero-order chi connectivity index (χ0) is 19.9. The van der Waals surface area contributed by atoms with Gasteiger partial charge in [0.2, 0.25) is 17.0 Å². The first-order valence-electron chi connectivity index (χ1n) is 9.23. The molecule has 0 saturated heterocycles. The molecule has 146 valence electrons. The maximum atomic E-state index is 13.4. The number of nitriles is 1. The maximum Gasteiger partial charge on any atom is 0.271 e. The number of nitrogens with zero attached hydrogens (tertiary/aromatic N) is 4. The first kappa shape index (κ1) is 18.7. The molecule has 0 aliphatic heterocycles. The molecule has 2 aromatic heterocycles. The van der Waals surface area contributed by atoms with Crippen molar-refractivity contribution in [3.05, 3.63) is 34.6 Å². The van der Waals surface area contributed by atoms with Crippen molar-refractivity contribution in [2.75, 3.05) is 4.90 Å². The highest BCUT2D eigenvalue weighted by Gasteiger charge is 2.48. The minimum Gasteiger partial charge on any atom is -0.347 e. The van der Waals surface area contributed by atoms with Crippen molar-refractivity contribution in [3.8, 4) is 6.19 Å². The standard InChI is InChI=1S/C19H19F2N5OS/c1-11-16(17(27)23-13-4-7-19(13)5-2-3-6-19)25-18(28-11)26(10-22)12-8-14(20)24-15(21)9-12/h8-9,13H,2-7H2,1H3,(H,23,27)/t13-/m1/s1. The van der Waals surface area contributed by atoms with Crippen LogP contribution in [-0.2, 0) is 0 Å². The number of carbonyl (C=O) groups is 1. The molecule has 0 radical (unpaired) electrons. The summed E-state index contributed by atoms with van der Waals surface area (Å²) in [6.45, 7) is 1.74. The van der Waals surface area contributed by atoms with E-state index >= 15 is 0 Å². The molecule has 28 heavy (non-hydrogen) atoms. The average Bonchev–Trinajstić information content (AvgIpc) is 3.27. The molecule has 0 bridgehead atoms. The molecule has 1 atom stereocenters. The molecule has 2 aromatic rings. The van der Waals surface area contributed by atoms with Crippen LogP contribution < -0.4 is 10.2 Å². The third kappa shape index (κ3) is 3.22. The average molecular weight is 403 g/mol. The van der Waals surface area contributed by atoms with Crippen molar-refractivity contribution in [1.29, 1.82) is 5.26 Å². The molecule has 0 aromatic carbocycles. The molecule has 2 aliphatic rings. The fourth-order valence-corrected chi connectivity index (χ4v) is 5.19. The summed E-state index contributed by atoms with van der Waals surface area (Å²) in [6, 6.07) is 2.06. The maximum absolute atomic E-state index is 13.4. The smallest absolute Gasteiger partial charge is 0.271 e. The topological polar surface area (TPSA) is 81.9 Å². The van der Waals surface area contributed by atoms with Crippen molar-refractivity contribution in [1.82, 2.24) is 15.3 Å². The van der Waals surface area contributed by atoms with E-state index in [4.69, 9.17) is 0 Å². The van der Waals surface area contributed by atoms with Gasteiger partial charge in [0.15, 0.2) is 6.19 Å². The molecular formula is C19H19F2N5OS. The van der Waals surface area contributed by atoms with Crippen LogP contribution in [0.2, 0.25) is 0 Å². The lowest BCUT2D eigenvalue weighted by atomic mass is 9.63. The van der Waals surface area contributed by atoms with E-state index in [0.29, 0.717) is 4.88 Å². The third-order valence-corrected chi connectivity index (χ3v) is 6.83. The Balaban J connectivity index is 1.55. The fourth-order valence-electron chi connectivity index (χ4n) is 4.31. The SMILES string of the molecule is Cc1sc(N(C#N)c2cc(F)nc(F)c2)nc1C(=O)N[C@@H]1CCC12CCCC2. The van der Waals surface area contributed by atoms with Gasteiger partial charge in [0.25, 0.3) is 5.91 Å². The summed E-state index contributed by atoms with van der Waals surface area (Å²) in [5.74, 6) is -2.33. The summed E-state index contributed by atoms with van der Waals surface area (Å²) in [5.41, 5.74) is 0.458. The van der Waals surface area contributed by atoms with Crippen LogP contribution in [0.5, 0.6) is 0 Å². The number of aryl methyl sites for hydroxylation is 1. The summed E-state index contributed by atoms with van der Waals surface area (Å²) in [5, 5.41) is 12.8. The van der Waals surface area contributed by atoms with Crippen LogP contribution in [0.1, 0.15) is 53.9 Å². The number of hydrogen-bond donors (Lipinski definition) is 1. The number of anilines is 2. The number of nitrogens with one attached hydrogen (secondary N) is 1. The van der Waals surface area contributed by atoms with Gasteiger partial charge in [0.1, 0.15) is 5.69 Å². The van der Waals surface area contributed by atoms with Crippen LogP contribution in [0, 0.1) is 35.7 Å². The summed E-state index contributed by atoms with van der Waals surface area (Å²) in [6.07, 6.45) is 8.72. The van der Waals surface area contributed by atoms with Crippen molar-refractivity contribution >= 4 is 28.1 Å². The van der Waals surface area contributed by atoms with E-state index in [1.807, 2.05) is 6.19 Å². The van der Waals surface area contributed by atoms with E-state index in [0.717, 1.165) is 54.1 Å². The fraction of sp³-hybridized carbons (Fsp3) is 0.474. The number of hydrogen-bond acceptors (Lipinski definition) is 6. The highest BCUT2D eigenvalue weighted by molar-refractivity contribution is 7.16.